The van der Waals surface area contributed by atoms with Crippen molar-refractivity contribution in [2.24, 2.45) is 7.05 Å². The van der Waals surface area contributed by atoms with Crippen molar-refractivity contribution in [3.63, 3.8) is 0 Å². The van der Waals surface area contributed by atoms with Gasteiger partial charge in [0, 0.05) is 19.8 Å². The molecule has 84 valence electrons. The highest BCUT2D eigenvalue weighted by atomic mass is 35.5. The Morgan fingerprint density at radius 3 is 2.67 bits per heavy atom. The summed E-state index contributed by atoms with van der Waals surface area (Å²) in [5, 5.41) is 12.6. The number of amides is 1. The van der Waals surface area contributed by atoms with Crippen LogP contribution < -0.4 is 5.32 Å². The van der Waals surface area contributed by atoms with Crippen molar-refractivity contribution in [2.45, 2.75) is 19.4 Å². The van der Waals surface area contributed by atoms with Crippen molar-refractivity contribution in [1.82, 2.24) is 9.88 Å². The number of hydrogen-bond donors (Lipinski definition) is 2. The molecule has 1 rings (SSSR count). The highest BCUT2D eigenvalue weighted by Crippen LogP contribution is 2.12. The maximum Gasteiger partial charge on any atom is 0.268 e. The van der Waals surface area contributed by atoms with Gasteiger partial charge in [0.05, 0.1) is 10.6 Å². The van der Waals surface area contributed by atoms with Crippen LogP contribution in [-0.2, 0) is 7.05 Å². The molecule has 4 nitrogen and oxygen atoms in total. The van der Waals surface area contributed by atoms with Crippen LogP contribution in [0, 0.1) is 0 Å². The molecule has 0 aliphatic carbocycles. The number of aryl methyl sites for hydroxylation is 1. The first-order valence-corrected chi connectivity index (χ1v) is 5.00. The summed E-state index contributed by atoms with van der Waals surface area (Å²) in [7, 11) is 1.74. The lowest BCUT2D eigenvalue weighted by Gasteiger charge is -2.17. The molecule has 2 N–H and O–H groups in total. The zero-order valence-corrected chi connectivity index (χ0v) is 9.80. The van der Waals surface area contributed by atoms with E-state index >= 15 is 0 Å². The number of rotatable bonds is 3. The van der Waals surface area contributed by atoms with Crippen molar-refractivity contribution in [1.29, 1.82) is 0 Å². The van der Waals surface area contributed by atoms with Gasteiger partial charge < -0.3 is 15.0 Å². The first-order valence-electron chi connectivity index (χ1n) is 4.62. The molecule has 0 aliphatic heterocycles. The average molecular weight is 231 g/mol. The van der Waals surface area contributed by atoms with Gasteiger partial charge in [0.1, 0.15) is 5.69 Å². The lowest BCUT2D eigenvalue weighted by Crippen LogP contribution is -2.38. The van der Waals surface area contributed by atoms with Gasteiger partial charge in [-0.2, -0.15) is 0 Å². The molecule has 15 heavy (non-hydrogen) atoms. The number of carbonyl (C=O) groups is 1. The highest BCUT2D eigenvalue weighted by molar-refractivity contribution is 6.31. The molecular weight excluding hydrogens is 216 g/mol. The van der Waals surface area contributed by atoms with E-state index < -0.39 is 5.60 Å². The van der Waals surface area contributed by atoms with Crippen LogP contribution >= 0.6 is 11.6 Å². The predicted octanol–water partition coefficient (Wildman–Crippen LogP) is 1.18. The topological polar surface area (TPSA) is 54.3 Å². The molecule has 0 aliphatic rings. The van der Waals surface area contributed by atoms with Crippen molar-refractivity contribution >= 4 is 17.5 Å². The smallest absolute Gasteiger partial charge is 0.268 e. The van der Waals surface area contributed by atoms with Gasteiger partial charge in [0.15, 0.2) is 0 Å². The van der Waals surface area contributed by atoms with Crippen LogP contribution in [0.1, 0.15) is 24.3 Å². The number of aromatic nitrogens is 1. The Hall–Kier alpha value is -1.00. The van der Waals surface area contributed by atoms with Gasteiger partial charge in [-0.15, -0.1) is 0 Å². The van der Waals surface area contributed by atoms with Crippen LogP contribution in [0.2, 0.25) is 5.02 Å². The van der Waals surface area contributed by atoms with Gasteiger partial charge in [0.25, 0.3) is 5.91 Å². The minimum Gasteiger partial charge on any atom is -0.389 e. The van der Waals surface area contributed by atoms with Crippen LogP contribution in [0.4, 0.5) is 0 Å². The first-order chi connectivity index (χ1) is 6.79. The SMILES string of the molecule is Cn1cc(Cl)cc1C(=O)NCC(C)(C)O. The van der Waals surface area contributed by atoms with Crippen LogP contribution in [0.15, 0.2) is 12.3 Å². The minimum atomic E-state index is -0.912. The lowest BCUT2D eigenvalue weighted by atomic mass is 10.1. The van der Waals surface area contributed by atoms with Gasteiger partial charge in [-0.3, -0.25) is 4.79 Å². The minimum absolute atomic E-state index is 0.203. The van der Waals surface area contributed by atoms with Gasteiger partial charge in [-0.25, -0.2) is 0 Å². The molecule has 0 saturated carbocycles. The highest BCUT2D eigenvalue weighted by Gasteiger charge is 2.16. The summed E-state index contributed by atoms with van der Waals surface area (Å²) >= 11 is 5.75. The van der Waals surface area contributed by atoms with Gasteiger partial charge in [-0.05, 0) is 19.9 Å². The summed E-state index contributed by atoms with van der Waals surface area (Å²) in [6, 6.07) is 1.58. The number of carbonyl (C=O) groups excluding carboxylic acids is 1. The quantitative estimate of drug-likeness (QED) is 0.819. The largest absolute Gasteiger partial charge is 0.389 e. The maximum absolute atomic E-state index is 11.6. The van der Waals surface area contributed by atoms with Crippen molar-refractivity contribution in [3.8, 4) is 0 Å². The summed E-state index contributed by atoms with van der Waals surface area (Å²) in [6.45, 7) is 3.46. The molecule has 0 bridgehead atoms. The van der Waals surface area contributed by atoms with Crippen LogP contribution in [0.5, 0.6) is 0 Å². The van der Waals surface area contributed by atoms with E-state index in [1.807, 2.05) is 0 Å². The third-order valence-electron chi connectivity index (χ3n) is 1.89. The van der Waals surface area contributed by atoms with E-state index in [1.54, 1.807) is 37.7 Å². The molecule has 0 fully saturated rings. The molecule has 0 atom stereocenters. The summed E-state index contributed by atoms with van der Waals surface area (Å²) in [6.07, 6.45) is 1.65. The van der Waals surface area contributed by atoms with E-state index in [0.717, 1.165) is 0 Å². The lowest BCUT2D eigenvalue weighted by molar-refractivity contribution is 0.0690. The monoisotopic (exact) mass is 230 g/mol. The molecular formula is C10H15ClN2O2. The van der Waals surface area contributed by atoms with Crippen molar-refractivity contribution < 1.29 is 9.90 Å². The summed E-state index contributed by atoms with van der Waals surface area (Å²) in [5.41, 5.74) is -0.436. The molecule has 5 heteroatoms. The fourth-order valence-electron chi connectivity index (χ4n) is 1.14. The normalized spacial score (nSPS) is 11.5. The van der Waals surface area contributed by atoms with E-state index in [1.165, 1.54) is 0 Å². The standard InChI is InChI=1S/C10H15ClN2O2/c1-10(2,15)6-12-9(14)8-4-7(11)5-13(8)3/h4-5,15H,6H2,1-3H3,(H,12,14). The molecule has 0 saturated heterocycles. The predicted molar refractivity (Wildman–Crippen MR) is 59.1 cm³/mol. The Morgan fingerprint density at radius 2 is 2.27 bits per heavy atom. The number of nitrogens with zero attached hydrogens (tertiary/aromatic N) is 1. The Kier molecular flexibility index (Phi) is 3.42. The number of halogens is 1. The maximum atomic E-state index is 11.6. The Morgan fingerprint density at radius 1 is 1.67 bits per heavy atom. The zero-order chi connectivity index (χ0) is 11.6. The summed E-state index contributed by atoms with van der Waals surface area (Å²) < 4.78 is 1.64. The van der Waals surface area contributed by atoms with E-state index in [2.05, 4.69) is 5.32 Å². The number of nitrogens with one attached hydrogen (secondary N) is 1. The third kappa shape index (κ3) is 3.57. The average Bonchev–Trinajstić information content (AvgIpc) is 2.40. The van der Waals surface area contributed by atoms with E-state index in [9.17, 15) is 9.90 Å². The van der Waals surface area contributed by atoms with Crippen LogP contribution in [0.25, 0.3) is 0 Å². The van der Waals surface area contributed by atoms with Crippen LogP contribution in [-0.4, -0.2) is 27.7 Å². The summed E-state index contributed by atoms with van der Waals surface area (Å²) in [4.78, 5) is 11.6. The number of aliphatic hydroxyl groups is 1. The van der Waals surface area contributed by atoms with E-state index in [4.69, 9.17) is 11.6 Å². The first kappa shape index (κ1) is 12.1. The molecule has 1 aromatic heterocycles. The zero-order valence-electron chi connectivity index (χ0n) is 9.04. The van der Waals surface area contributed by atoms with Gasteiger partial charge in [0.2, 0.25) is 0 Å². The fraction of sp³-hybridized carbons (Fsp3) is 0.500. The number of hydrogen-bond acceptors (Lipinski definition) is 2. The molecule has 1 amide bonds. The molecule has 0 aromatic carbocycles. The molecule has 0 radical (unpaired) electrons. The second-order valence-electron chi connectivity index (χ2n) is 4.15. The third-order valence-corrected chi connectivity index (χ3v) is 2.09. The fourth-order valence-corrected chi connectivity index (χ4v) is 1.39. The molecule has 0 unspecified atom stereocenters. The Balaban J connectivity index is 2.66. The van der Waals surface area contributed by atoms with Gasteiger partial charge >= 0.3 is 0 Å². The Bertz CT molecular complexity index is 366. The molecule has 0 spiro atoms. The van der Waals surface area contributed by atoms with Crippen molar-refractivity contribution in [3.05, 3.63) is 23.0 Å². The molecule has 1 aromatic rings. The molecule has 1 heterocycles. The summed E-state index contributed by atoms with van der Waals surface area (Å²) in [5.74, 6) is -0.244. The van der Waals surface area contributed by atoms with Crippen molar-refractivity contribution in [2.75, 3.05) is 6.54 Å². The second kappa shape index (κ2) is 4.24. The van der Waals surface area contributed by atoms with E-state index in [-0.39, 0.29) is 12.5 Å². The second-order valence-corrected chi connectivity index (χ2v) is 4.59. The van der Waals surface area contributed by atoms with Crippen LogP contribution in [0.3, 0.4) is 0 Å². The Labute approximate surface area is 93.8 Å². The van der Waals surface area contributed by atoms with Gasteiger partial charge in [-0.1, -0.05) is 11.6 Å². The van der Waals surface area contributed by atoms with E-state index in [0.29, 0.717) is 10.7 Å².